The molecule has 1 rings (SSSR count). The minimum absolute atomic E-state index is 0.0879. The number of carbonyl (C=O) groups is 1. The third-order valence-electron chi connectivity index (χ3n) is 2.48. The lowest BCUT2D eigenvalue weighted by Gasteiger charge is -2.05. The Balaban J connectivity index is 2.15. The van der Waals surface area contributed by atoms with Gasteiger partial charge in [0.1, 0.15) is 6.61 Å². The highest BCUT2D eigenvalue weighted by atomic mass is 19.2. The standard InChI is InChI=1S/C14H18F2O4/c1-18-5-2-6-19-7-8-20-10-14(17)11-3-4-12(15)13(16)9-11/h3-4,9H,2,5-8,10H2,1H3. The topological polar surface area (TPSA) is 44.8 Å². The molecule has 0 bridgehead atoms. The largest absolute Gasteiger partial charge is 0.385 e. The maximum absolute atomic E-state index is 12.9. The molecule has 0 aromatic heterocycles. The van der Waals surface area contributed by atoms with Crippen molar-refractivity contribution in [3.8, 4) is 0 Å². The minimum atomic E-state index is -1.04. The Kier molecular flexibility index (Phi) is 7.94. The molecule has 112 valence electrons. The monoisotopic (exact) mass is 288 g/mol. The molecule has 0 spiro atoms. The summed E-state index contributed by atoms with van der Waals surface area (Å²) in [5.41, 5.74) is 0.0879. The summed E-state index contributed by atoms with van der Waals surface area (Å²) in [5.74, 6) is -2.42. The molecule has 0 saturated carbocycles. The van der Waals surface area contributed by atoms with Crippen molar-refractivity contribution < 1.29 is 27.8 Å². The van der Waals surface area contributed by atoms with Crippen molar-refractivity contribution in [1.29, 1.82) is 0 Å². The van der Waals surface area contributed by atoms with Crippen LogP contribution < -0.4 is 0 Å². The van der Waals surface area contributed by atoms with Crippen LogP contribution in [0.25, 0.3) is 0 Å². The summed E-state index contributed by atoms with van der Waals surface area (Å²) in [6.07, 6.45) is 0.796. The van der Waals surface area contributed by atoms with Gasteiger partial charge in [0.25, 0.3) is 0 Å². The zero-order chi connectivity index (χ0) is 14.8. The molecule has 4 nitrogen and oxygen atoms in total. The van der Waals surface area contributed by atoms with E-state index in [1.807, 2.05) is 0 Å². The van der Waals surface area contributed by atoms with Gasteiger partial charge in [-0.3, -0.25) is 4.79 Å². The van der Waals surface area contributed by atoms with Crippen LogP contribution in [0.3, 0.4) is 0 Å². The molecule has 0 aliphatic rings. The molecule has 0 heterocycles. The molecule has 20 heavy (non-hydrogen) atoms. The predicted molar refractivity (Wildman–Crippen MR) is 68.8 cm³/mol. The average Bonchev–Trinajstić information content (AvgIpc) is 2.44. The number of benzene rings is 1. The molecule has 0 amide bonds. The average molecular weight is 288 g/mol. The first-order valence-electron chi connectivity index (χ1n) is 6.28. The fourth-order valence-electron chi connectivity index (χ4n) is 1.44. The summed E-state index contributed by atoms with van der Waals surface area (Å²) >= 11 is 0. The lowest BCUT2D eigenvalue weighted by molar-refractivity contribution is 0.0382. The second kappa shape index (κ2) is 9.52. The van der Waals surface area contributed by atoms with Gasteiger partial charge in [0.2, 0.25) is 0 Å². The molecule has 0 aliphatic carbocycles. The molecule has 0 aliphatic heterocycles. The number of ether oxygens (including phenoxy) is 3. The van der Waals surface area contributed by atoms with Crippen LogP contribution in [-0.4, -0.2) is 45.9 Å². The highest BCUT2D eigenvalue weighted by molar-refractivity contribution is 5.97. The first-order valence-corrected chi connectivity index (χ1v) is 6.28. The number of Topliss-reactive ketones (excluding diaryl/α,β-unsaturated/α-hetero) is 1. The van der Waals surface area contributed by atoms with E-state index < -0.39 is 17.4 Å². The molecule has 0 N–H and O–H groups in total. The molecule has 0 saturated heterocycles. The molecule has 0 atom stereocenters. The van der Waals surface area contributed by atoms with Gasteiger partial charge in [0.05, 0.1) is 13.2 Å². The summed E-state index contributed by atoms with van der Waals surface area (Å²) in [4.78, 5) is 11.6. The number of methoxy groups -OCH3 is 1. The Morgan fingerprint density at radius 1 is 1.05 bits per heavy atom. The van der Waals surface area contributed by atoms with Crippen molar-refractivity contribution in [3.63, 3.8) is 0 Å². The quantitative estimate of drug-likeness (QED) is 0.489. The predicted octanol–water partition coefficient (Wildman–Crippen LogP) is 2.22. The van der Waals surface area contributed by atoms with Gasteiger partial charge in [-0.1, -0.05) is 0 Å². The highest BCUT2D eigenvalue weighted by Crippen LogP contribution is 2.09. The van der Waals surface area contributed by atoms with Crippen LogP contribution in [0.2, 0.25) is 0 Å². The first kappa shape index (κ1) is 16.7. The molecular weight excluding hydrogens is 270 g/mol. The van der Waals surface area contributed by atoms with Crippen molar-refractivity contribution >= 4 is 5.78 Å². The van der Waals surface area contributed by atoms with Gasteiger partial charge in [-0.05, 0) is 24.6 Å². The summed E-state index contributed by atoms with van der Waals surface area (Å²) in [6.45, 7) is 1.65. The van der Waals surface area contributed by atoms with E-state index >= 15 is 0 Å². The molecule has 1 aromatic carbocycles. The summed E-state index contributed by atoms with van der Waals surface area (Å²) in [6, 6.07) is 3.01. The van der Waals surface area contributed by atoms with Gasteiger partial charge >= 0.3 is 0 Å². The van der Waals surface area contributed by atoms with E-state index in [4.69, 9.17) is 14.2 Å². The molecule has 1 aromatic rings. The first-order chi connectivity index (χ1) is 9.65. The third kappa shape index (κ3) is 6.18. The van der Waals surface area contributed by atoms with Crippen LogP contribution in [-0.2, 0) is 14.2 Å². The van der Waals surface area contributed by atoms with Crippen molar-refractivity contribution in [2.75, 3.05) is 40.1 Å². The van der Waals surface area contributed by atoms with Crippen LogP contribution >= 0.6 is 0 Å². The van der Waals surface area contributed by atoms with Crippen LogP contribution in [0.4, 0.5) is 8.78 Å². The number of carbonyl (C=O) groups excluding carboxylic acids is 1. The van der Waals surface area contributed by atoms with Gasteiger partial charge < -0.3 is 14.2 Å². The molecule has 0 radical (unpaired) electrons. The van der Waals surface area contributed by atoms with Crippen LogP contribution in [0.1, 0.15) is 16.8 Å². The van der Waals surface area contributed by atoms with E-state index in [2.05, 4.69) is 0 Å². The minimum Gasteiger partial charge on any atom is -0.385 e. The van der Waals surface area contributed by atoms with E-state index in [1.165, 1.54) is 6.07 Å². The Bertz CT molecular complexity index is 424. The summed E-state index contributed by atoms with van der Waals surface area (Å²) < 4.78 is 40.8. The van der Waals surface area contributed by atoms with E-state index in [1.54, 1.807) is 7.11 Å². The van der Waals surface area contributed by atoms with E-state index in [0.29, 0.717) is 19.8 Å². The number of ketones is 1. The Hall–Kier alpha value is -1.37. The molecule has 0 fully saturated rings. The van der Waals surface area contributed by atoms with Gasteiger partial charge in [-0.15, -0.1) is 0 Å². The normalized spacial score (nSPS) is 10.8. The van der Waals surface area contributed by atoms with Gasteiger partial charge in [0.15, 0.2) is 17.4 Å². The van der Waals surface area contributed by atoms with Crippen molar-refractivity contribution in [2.45, 2.75) is 6.42 Å². The Morgan fingerprint density at radius 2 is 1.80 bits per heavy atom. The lowest BCUT2D eigenvalue weighted by Crippen LogP contribution is -2.13. The number of halogens is 2. The molecule has 0 unspecified atom stereocenters. The Labute approximate surface area is 116 Å². The SMILES string of the molecule is COCCCOCCOCC(=O)c1ccc(F)c(F)c1. The van der Waals surface area contributed by atoms with E-state index in [0.717, 1.165) is 18.6 Å². The van der Waals surface area contributed by atoms with Crippen LogP contribution in [0.15, 0.2) is 18.2 Å². The fourth-order valence-corrected chi connectivity index (χ4v) is 1.44. The van der Waals surface area contributed by atoms with Gasteiger partial charge in [0, 0.05) is 25.9 Å². The second-order valence-corrected chi connectivity index (χ2v) is 4.06. The maximum Gasteiger partial charge on any atom is 0.188 e. The van der Waals surface area contributed by atoms with Gasteiger partial charge in [-0.2, -0.15) is 0 Å². The zero-order valence-corrected chi connectivity index (χ0v) is 11.4. The summed E-state index contributed by atoms with van der Waals surface area (Å²) in [7, 11) is 1.62. The van der Waals surface area contributed by atoms with Crippen LogP contribution in [0, 0.1) is 11.6 Å². The number of hydrogen-bond donors (Lipinski definition) is 0. The van der Waals surface area contributed by atoms with Gasteiger partial charge in [-0.25, -0.2) is 8.78 Å². The Morgan fingerprint density at radius 3 is 2.50 bits per heavy atom. The third-order valence-corrected chi connectivity index (χ3v) is 2.48. The molecule has 6 heteroatoms. The molecular formula is C14H18F2O4. The highest BCUT2D eigenvalue weighted by Gasteiger charge is 2.09. The number of hydrogen-bond acceptors (Lipinski definition) is 4. The maximum atomic E-state index is 12.9. The fraction of sp³-hybridized carbons (Fsp3) is 0.500. The lowest BCUT2D eigenvalue weighted by atomic mass is 10.1. The second-order valence-electron chi connectivity index (χ2n) is 4.06. The van der Waals surface area contributed by atoms with Crippen LogP contribution in [0.5, 0.6) is 0 Å². The van der Waals surface area contributed by atoms with E-state index in [9.17, 15) is 13.6 Å². The van der Waals surface area contributed by atoms with Crippen molar-refractivity contribution in [3.05, 3.63) is 35.4 Å². The van der Waals surface area contributed by atoms with Crippen molar-refractivity contribution in [1.82, 2.24) is 0 Å². The smallest absolute Gasteiger partial charge is 0.188 e. The number of rotatable bonds is 10. The summed E-state index contributed by atoms with van der Waals surface area (Å²) in [5, 5.41) is 0. The van der Waals surface area contributed by atoms with Crippen molar-refractivity contribution in [2.24, 2.45) is 0 Å². The van der Waals surface area contributed by atoms with E-state index in [-0.39, 0.29) is 18.8 Å². The zero-order valence-electron chi connectivity index (χ0n) is 11.4.